The lowest BCUT2D eigenvalue weighted by Gasteiger charge is -2.30. The third kappa shape index (κ3) is 2.99. The molecule has 1 nitrogen and oxygen atoms in total. The Kier molecular flexibility index (Phi) is 4.41. The molecule has 3 heteroatoms. The zero-order chi connectivity index (χ0) is 12.3. The fourth-order valence-electron chi connectivity index (χ4n) is 2.87. The van der Waals surface area contributed by atoms with E-state index in [2.05, 4.69) is 5.32 Å². The van der Waals surface area contributed by atoms with Crippen LogP contribution in [0.4, 0.5) is 4.39 Å². The monoisotopic (exact) mass is 255 g/mol. The SMILES string of the molecule is CNC(c1ccc(Cl)cc1F)C1CCCCC1. The van der Waals surface area contributed by atoms with E-state index in [1.807, 2.05) is 13.1 Å². The van der Waals surface area contributed by atoms with Gasteiger partial charge in [0.1, 0.15) is 5.82 Å². The van der Waals surface area contributed by atoms with Gasteiger partial charge in [-0.3, -0.25) is 0 Å². The van der Waals surface area contributed by atoms with Gasteiger partial charge in [0.2, 0.25) is 0 Å². The molecule has 2 rings (SSSR count). The standard InChI is InChI=1S/C14H19ClFN/c1-17-14(10-5-3-2-4-6-10)12-8-7-11(15)9-13(12)16/h7-10,14,17H,2-6H2,1H3. The summed E-state index contributed by atoms with van der Waals surface area (Å²) in [6, 6.07) is 5.11. The molecule has 0 saturated heterocycles. The molecule has 0 amide bonds. The minimum Gasteiger partial charge on any atom is -0.313 e. The minimum atomic E-state index is -0.192. The van der Waals surface area contributed by atoms with Crippen molar-refractivity contribution in [3.8, 4) is 0 Å². The van der Waals surface area contributed by atoms with Gasteiger partial charge in [-0.15, -0.1) is 0 Å². The zero-order valence-electron chi connectivity index (χ0n) is 10.2. The second-order valence-corrected chi connectivity index (χ2v) is 5.27. The maximum absolute atomic E-state index is 13.9. The van der Waals surface area contributed by atoms with Crippen molar-refractivity contribution < 1.29 is 4.39 Å². The summed E-state index contributed by atoms with van der Waals surface area (Å²) >= 11 is 5.79. The summed E-state index contributed by atoms with van der Waals surface area (Å²) < 4.78 is 13.9. The molecule has 0 bridgehead atoms. The smallest absolute Gasteiger partial charge is 0.129 e. The fourth-order valence-corrected chi connectivity index (χ4v) is 3.03. The van der Waals surface area contributed by atoms with Gasteiger partial charge in [0.15, 0.2) is 0 Å². The second kappa shape index (κ2) is 5.83. The normalized spacial score (nSPS) is 19.2. The third-order valence-corrected chi connectivity index (χ3v) is 3.96. The number of rotatable bonds is 3. The van der Waals surface area contributed by atoms with E-state index >= 15 is 0 Å². The average molecular weight is 256 g/mol. The second-order valence-electron chi connectivity index (χ2n) is 4.83. The first-order valence-corrected chi connectivity index (χ1v) is 6.72. The van der Waals surface area contributed by atoms with Crippen molar-refractivity contribution in [1.82, 2.24) is 5.32 Å². The van der Waals surface area contributed by atoms with Gasteiger partial charge in [-0.2, -0.15) is 0 Å². The van der Waals surface area contributed by atoms with Crippen LogP contribution in [0.1, 0.15) is 43.7 Å². The minimum absolute atomic E-state index is 0.118. The molecule has 1 N–H and O–H groups in total. The van der Waals surface area contributed by atoms with Crippen LogP contribution in [-0.2, 0) is 0 Å². The van der Waals surface area contributed by atoms with Crippen LogP contribution in [0.25, 0.3) is 0 Å². The Bertz CT molecular complexity index is 374. The van der Waals surface area contributed by atoms with Crippen LogP contribution < -0.4 is 5.32 Å². The van der Waals surface area contributed by atoms with Gasteiger partial charge in [-0.05, 0) is 37.9 Å². The average Bonchev–Trinajstić information content (AvgIpc) is 2.34. The molecule has 1 fully saturated rings. The van der Waals surface area contributed by atoms with E-state index in [1.54, 1.807) is 6.07 Å². The Morgan fingerprint density at radius 3 is 2.59 bits per heavy atom. The molecule has 0 radical (unpaired) electrons. The van der Waals surface area contributed by atoms with Gasteiger partial charge in [-0.1, -0.05) is 36.9 Å². The van der Waals surface area contributed by atoms with Crippen LogP contribution in [0.5, 0.6) is 0 Å². The van der Waals surface area contributed by atoms with E-state index in [4.69, 9.17) is 11.6 Å². The molecule has 1 aromatic rings. The fraction of sp³-hybridized carbons (Fsp3) is 0.571. The Morgan fingerprint density at radius 1 is 1.29 bits per heavy atom. The highest BCUT2D eigenvalue weighted by molar-refractivity contribution is 6.30. The van der Waals surface area contributed by atoms with Crippen molar-refractivity contribution >= 4 is 11.6 Å². The number of halogens is 2. The molecule has 94 valence electrons. The molecule has 0 spiro atoms. The molecule has 1 saturated carbocycles. The van der Waals surface area contributed by atoms with Crippen molar-refractivity contribution in [2.45, 2.75) is 38.1 Å². The van der Waals surface area contributed by atoms with Crippen molar-refractivity contribution in [3.63, 3.8) is 0 Å². The van der Waals surface area contributed by atoms with Gasteiger partial charge in [0.05, 0.1) is 0 Å². The van der Waals surface area contributed by atoms with Gasteiger partial charge >= 0.3 is 0 Å². The van der Waals surface area contributed by atoms with E-state index < -0.39 is 0 Å². The van der Waals surface area contributed by atoms with E-state index in [0.29, 0.717) is 10.9 Å². The quantitative estimate of drug-likeness (QED) is 0.848. The Hall–Kier alpha value is -0.600. The van der Waals surface area contributed by atoms with Crippen LogP contribution in [0.15, 0.2) is 18.2 Å². The van der Waals surface area contributed by atoms with Gasteiger partial charge in [-0.25, -0.2) is 4.39 Å². The highest BCUT2D eigenvalue weighted by atomic mass is 35.5. The summed E-state index contributed by atoms with van der Waals surface area (Å²) in [6.07, 6.45) is 6.22. The Labute approximate surface area is 107 Å². The lowest BCUT2D eigenvalue weighted by molar-refractivity contribution is 0.277. The van der Waals surface area contributed by atoms with Crippen LogP contribution in [0.2, 0.25) is 5.02 Å². The predicted molar refractivity (Wildman–Crippen MR) is 69.8 cm³/mol. The molecule has 17 heavy (non-hydrogen) atoms. The summed E-state index contributed by atoms with van der Waals surface area (Å²) in [5, 5.41) is 3.73. The summed E-state index contributed by atoms with van der Waals surface area (Å²) in [6.45, 7) is 0. The van der Waals surface area contributed by atoms with Crippen molar-refractivity contribution in [2.24, 2.45) is 5.92 Å². The topological polar surface area (TPSA) is 12.0 Å². The number of nitrogens with one attached hydrogen (secondary N) is 1. The molecule has 1 aliphatic rings. The van der Waals surface area contributed by atoms with Crippen molar-refractivity contribution in [2.75, 3.05) is 7.05 Å². The Morgan fingerprint density at radius 2 is 2.00 bits per heavy atom. The van der Waals surface area contributed by atoms with E-state index in [0.717, 1.165) is 5.56 Å². The number of benzene rings is 1. The molecule has 0 aromatic heterocycles. The van der Waals surface area contributed by atoms with E-state index in [-0.39, 0.29) is 11.9 Å². The lowest BCUT2D eigenvalue weighted by Crippen LogP contribution is -2.27. The summed E-state index contributed by atoms with van der Waals surface area (Å²) in [7, 11) is 1.91. The molecule has 1 atom stereocenters. The van der Waals surface area contributed by atoms with E-state index in [1.165, 1.54) is 38.2 Å². The molecule has 0 heterocycles. The third-order valence-electron chi connectivity index (χ3n) is 3.73. The largest absolute Gasteiger partial charge is 0.313 e. The Balaban J connectivity index is 2.21. The first-order valence-electron chi connectivity index (χ1n) is 6.34. The highest BCUT2D eigenvalue weighted by Crippen LogP contribution is 2.35. The maximum Gasteiger partial charge on any atom is 0.129 e. The van der Waals surface area contributed by atoms with Gasteiger partial charge in [0.25, 0.3) is 0 Å². The number of hydrogen-bond donors (Lipinski definition) is 1. The molecule has 1 aromatic carbocycles. The van der Waals surface area contributed by atoms with Crippen LogP contribution in [0, 0.1) is 11.7 Å². The summed E-state index contributed by atoms with van der Waals surface area (Å²) in [5.74, 6) is 0.354. The lowest BCUT2D eigenvalue weighted by atomic mass is 9.81. The maximum atomic E-state index is 13.9. The van der Waals surface area contributed by atoms with Crippen LogP contribution in [-0.4, -0.2) is 7.05 Å². The summed E-state index contributed by atoms with van der Waals surface area (Å²) in [4.78, 5) is 0. The van der Waals surface area contributed by atoms with Gasteiger partial charge < -0.3 is 5.32 Å². The van der Waals surface area contributed by atoms with Crippen LogP contribution >= 0.6 is 11.6 Å². The van der Waals surface area contributed by atoms with Gasteiger partial charge in [0, 0.05) is 16.6 Å². The molecule has 0 aliphatic heterocycles. The first-order chi connectivity index (χ1) is 8.22. The molecular formula is C14H19ClFN. The summed E-state index contributed by atoms with van der Waals surface area (Å²) in [5.41, 5.74) is 0.754. The number of hydrogen-bond acceptors (Lipinski definition) is 1. The predicted octanol–water partition coefficient (Wildman–Crippen LogP) is 4.32. The molecule has 1 aliphatic carbocycles. The molecule has 1 unspecified atom stereocenters. The zero-order valence-corrected chi connectivity index (χ0v) is 10.9. The van der Waals surface area contributed by atoms with Crippen molar-refractivity contribution in [1.29, 1.82) is 0 Å². The van der Waals surface area contributed by atoms with E-state index in [9.17, 15) is 4.39 Å². The van der Waals surface area contributed by atoms with Crippen molar-refractivity contribution in [3.05, 3.63) is 34.6 Å². The first kappa shape index (κ1) is 12.8. The highest BCUT2D eigenvalue weighted by Gasteiger charge is 2.25. The van der Waals surface area contributed by atoms with Crippen LogP contribution in [0.3, 0.4) is 0 Å². The molecular weight excluding hydrogens is 237 g/mol.